The number of likely N-dealkylation sites (tertiary alicyclic amines) is 1. The number of hydrogen-bond donors (Lipinski definition) is 1. The van der Waals surface area contributed by atoms with Gasteiger partial charge >= 0.3 is 51.4 Å². The topological polar surface area (TPSA) is 96.4 Å². The summed E-state index contributed by atoms with van der Waals surface area (Å²) in [6.45, 7) is 14.5. The average molecular weight is 597 g/mol. The number of rotatable bonds is 10. The van der Waals surface area contributed by atoms with Gasteiger partial charge in [-0.1, -0.05) is 52.9 Å². The van der Waals surface area contributed by atoms with Crippen LogP contribution in [0.1, 0.15) is 66.0 Å². The number of pyridine rings is 1. The fourth-order valence-electron chi connectivity index (χ4n) is 3.24. The molecule has 2 heterocycles. The third kappa shape index (κ3) is 19.4. The number of carbonyl (C=O) groups is 2. The minimum atomic E-state index is -3.09. The Labute approximate surface area is 276 Å². The molecule has 1 aromatic heterocycles. The average Bonchev–Trinajstić information content (AvgIpc) is 2.79. The number of halogens is 2. The van der Waals surface area contributed by atoms with Gasteiger partial charge in [0.25, 0.3) is 0 Å². The summed E-state index contributed by atoms with van der Waals surface area (Å²) in [5.74, 6) is 0.493. The monoisotopic (exact) mass is 596 g/mol. The van der Waals surface area contributed by atoms with Crippen molar-refractivity contribution in [2.24, 2.45) is 11.8 Å². The minimum absolute atomic E-state index is 0. The molecular formula is C27H41ClFKN3O4S-. The van der Waals surface area contributed by atoms with Gasteiger partial charge in [-0.25, -0.2) is 18.9 Å². The van der Waals surface area contributed by atoms with Crippen LogP contribution < -0.4 is 56.7 Å². The SMILES string of the molecule is C=[C-]c1ccc(F)cn1.CC(=O)N1CC(NC(=O)CCS(C)(=O)=O)C1.CCC[C@@H]([C-]=C(C)Cl)[C@@H](C)CC.[K+]. The van der Waals surface area contributed by atoms with E-state index in [2.05, 4.69) is 49.8 Å². The fraction of sp³-hybridized carbons (Fsp3) is 0.593. The number of allylic oxidation sites excluding steroid dienone is 2. The van der Waals surface area contributed by atoms with Crippen molar-refractivity contribution in [1.29, 1.82) is 0 Å². The third-order valence-electron chi connectivity index (χ3n) is 5.62. The van der Waals surface area contributed by atoms with Crippen LogP contribution in [-0.2, 0) is 19.4 Å². The van der Waals surface area contributed by atoms with Gasteiger partial charge in [0, 0.05) is 32.7 Å². The van der Waals surface area contributed by atoms with Crippen LogP contribution in [0, 0.1) is 29.8 Å². The second-order valence-corrected chi connectivity index (χ2v) is 11.9. The number of amides is 2. The Balaban J connectivity index is 0. The molecule has 0 bridgehead atoms. The Morgan fingerprint density at radius 3 is 2.29 bits per heavy atom. The van der Waals surface area contributed by atoms with Gasteiger partial charge in [0.15, 0.2) is 0 Å². The summed E-state index contributed by atoms with van der Waals surface area (Å²) >= 11 is 5.81. The van der Waals surface area contributed by atoms with Crippen molar-refractivity contribution < 1.29 is 73.8 Å². The van der Waals surface area contributed by atoms with E-state index in [1.807, 2.05) is 6.92 Å². The first-order valence-corrected chi connectivity index (χ1v) is 14.8. The second kappa shape index (κ2) is 21.2. The van der Waals surface area contributed by atoms with E-state index < -0.39 is 9.84 Å². The van der Waals surface area contributed by atoms with E-state index in [-0.39, 0.29) is 87.2 Å². The third-order valence-corrected chi connectivity index (χ3v) is 6.67. The van der Waals surface area contributed by atoms with Crippen LogP contribution in [-0.4, -0.2) is 61.3 Å². The number of aromatic nitrogens is 1. The molecule has 0 radical (unpaired) electrons. The fourth-order valence-corrected chi connectivity index (χ4v) is 3.93. The molecule has 0 saturated carbocycles. The normalized spacial score (nSPS) is 14.7. The largest absolute Gasteiger partial charge is 1.00 e. The Morgan fingerprint density at radius 2 is 1.89 bits per heavy atom. The second-order valence-electron chi connectivity index (χ2n) is 9.07. The molecule has 1 N–H and O–H groups in total. The first kappa shape index (κ1) is 39.5. The number of nitrogens with one attached hydrogen (secondary N) is 1. The molecule has 210 valence electrons. The predicted octanol–water partition coefficient (Wildman–Crippen LogP) is 1.72. The maximum Gasteiger partial charge on any atom is 1.00 e. The molecule has 1 aromatic rings. The molecule has 0 aliphatic carbocycles. The standard InChI is InChI=1S/C11H20Cl.C9H16N2O4S.C7H5FN.K/c1-5-7-11(8-10(4)12)9(3)6-2;1-7(12)11-5-8(6-11)10-9(13)3-4-16(2,14)15;1-2-7-4-3-6(8)5-9-7;/h9,11H,5-7H2,1-4H3;8H,3-6H2,1-2H3,(H,10,13);3-5H,1H2;/q-1;;-1;+1/t9-,11-;;;/m0.../s1. The number of sulfone groups is 1. The van der Waals surface area contributed by atoms with Crippen LogP contribution in [0.2, 0.25) is 0 Å². The van der Waals surface area contributed by atoms with Crippen molar-refractivity contribution in [1.82, 2.24) is 15.2 Å². The van der Waals surface area contributed by atoms with E-state index in [9.17, 15) is 22.4 Å². The zero-order chi connectivity index (χ0) is 28.6. The summed E-state index contributed by atoms with van der Waals surface area (Å²) in [5, 5.41) is 3.49. The summed E-state index contributed by atoms with van der Waals surface area (Å²) in [6.07, 6.45) is 11.7. The van der Waals surface area contributed by atoms with Gasteiger partial charge in [-0.3, -0.25) is 14.6 Å². The molecule has 38 heavy (non-hydrogen) atoms. The zero-order valence-corrected chi connectivity index (χ0v) is 28.5. The van der Waals surface area contributed by atoms with Crippen LogP contribution in [0.15, 0.2) is 29.9 Å². The van der Waals surface area contributed by atoms with E-state index in [1.165, 1.54) is 38.3 Å². The molecule has 7 nitrogen and oxygen atoms in total. The van der Waals surface area contributed by atoms with Crippen molar-refractivity contribution in [2.75, 3.05) is 25.1 Å². The molecule has 0 spiro atoms. The van der Waals surface area contributed by atoms with E-state index in [1.54, 1.807) is 4.90 Å². The van der Waals surface area contributed by atoms with Crippen LogP contribution >= 0.6 is 11.6 Å². The number of hydrogen-bond acceptors (Lipinski definition) is 5. The van der Waals surface area contributed by atoms with Crippen molar-refractivity contribution >= 4 is 33.3 Å². The zero-order valence-electron chi connectivity index (χ0n) is 23.8. The molecule has 1 aliphatic rings. The van der Waals surface area contributed by atoms with Gasteiger partial charge in [-0.2, -0.15) is 23.6 Å². The van der Waals surface area contributed by atoms with Crippen molar-refractivity contribution in [3.05, 3.63) is 53.6 Å². The van der Waals surface area contributed by atoms with Gasteiger partial charge in [0.2, 0.25) is 11.8 Å². The maximum atomic E-state index is 12.1. The van der Waals surface area contributed by atoms with Crippen LogP contribution in [0.3, 0.4) is 0 Å². The molecule has 1 aliphatic heterocycles. The summed E-state index contributed by atoms with van der Waals surface area (Å²) in [7, 11) is -3.09. The van der Waals surface area contributed by atoms with Crippen LogP contribution in [0.5, 0.6) is 0 Å². The summed E-state index contributed by atoms with van der Waals surface area (Å²) < 4.78 is 33.7. The molecule has 2 atom stereocenters. The molecule has 0 aromatic carbocycles. The molecule has 0 unspecified atom stereocenters. The molecule has 11 heteroatoms. The summed E-state index contributed by atoms with van der Waals surface area (Å²) in [6, 6.07) is 2.80. The van der Waals surface area contributed by atoms with Crippen LogP contribution in [0.25, 0.3) is 0 Å². The quantitative estimate of drug-likeness (QED) is 0.328. The van der Waals surface area contributed by atoms with Gasteiger partial charge in [0.05, 0.1) is 18.0 Å². The van der Waals surface area contributed by atoms with Gasteiger partial charge < -0.3 is 16.3 Å². The smallest absolute Gasteiger partial charge is 0.478 e. The molecule has 2 rings (SSSR count). The van der Waals surface area contributed by atoms with Crippen molar-refractivity contribution in [3.63, 3.8) is 0 Å². The van der Waals surface area contributed by atoms with E-state index >= 15 is 0 Å². The maximum absolute atomic E-state index is 12.1. The predicted molar refractivity (Wildman–Crippen MR) is 147 cm³/mol. The van der Waals surface area contributed by atoms with Gasteiger partial charge in [-0.05, 0) is 0 Å². The molecular weight excluding hydrogens is 556 g/mol. The first-order valence-electron chi connectivity index (χ1n) is 12.3. The van der Waals surface area contributed by atoms with E-state index in [4.69, 9.17) is 11.6 Å². The Bertz CT molecular complexity index is 981. The molecule has 1 fully saturated rings. The molecule has 2 amide bonds. The van der Waals surface area contributed by atoms with Crippen molar-refractivity contribution in [2.45, 2.75) is 66.3 Å². The Hall–Kier alpha value is -0.624. The van der Waals surface area contributed by atoms with Gasteiger partial charge in [0.1, 0.15) is 15.7 Å². The van der Waals surface area contributed by atoms with Crippen molar-refractivity contribution in [3.8, 4) is 0 Å². The first-order chi connectivity index (χ1) is 17.2. The van der Waals surface area contributed by atoms with E-state index in [0.717, 1.165) is 17.5 Å². The number of nitrogens with zero attached hydrogens (tertiary/aromatic N) is 2. The Kier molecular flexibility index (Phi) is 22.0. The minimum Gasteiger partial charge on any atom is -0.478 e. The summed E-state index contributed by atoms with van der Waals surface area (Å²) in [5.41, 5.74) is 0.566. The van der Waals surface area contributed by atoms with Gasteiger partial charge in [-0.15, -0.1) is 23.4 Å². The molecule has 1 saturated heterocycles. The van der Waals surface area contributed by atoms with E-state index in [0.29, 0.717) is 30.6 Å². The van der Waals surface area contributed by atoms with Crippen LogP contribution in [0.4, 0.5) is 4.39 Å². The summed E-state index contributed by atoms with van der Waals surface area (Å²) in [4.78, 5) is 27.4. The number of carbonyl (C=O) groups excluding carboxylic acids is 2. The Morgan fingerprint density at radius 1 is 1.29 bits per heavy atom.